The molecule has 0 fully saturated rings. The van der Waals surface area contributed by atoms with Gasteiger partial charge in [0.05, 0.1) is 12.1 Å². The van der Waals surface area contributed by atoms with Crippen LogP contribution in [-0.4, -0.2) is 5.84 Å². The summed E-state index contributed by atoms with van der Waals surface area (Å²) in [6.45, 7) is 0.436. The molecule has 6 heteroatoms. The molecule has 0 bridgehead atoms. The highest BCUT2D eigenvalue weighted by Crippen LogP contribution is 2.37. The molecule has 0 saturated carbocycles. The maximum Gasteiger partial charge on any atom is 0.146 e. The van der Waals surface area contributed by atoms with Crippen LogP contribution >= 0.6 is 0 Å². The lowest BCUT2D eigenvalue weighted by Crippen LogP contribution is -2.35. The van der Waals surface area contributed by atoms with Gasteiger partial charge in [0.25, 0.3) is 0 Å². The molecule has 0 radical (unpaired) electrons. The van der Waals surface area contributed by atoms with Gasteiger partial charge >= 0.3 is 0 Å². The van der Waals surface area contributed by atoms with Crippen molar-refractivity contribution in [3.63, 3.8) is 0 Å². The molecule has 0 aliphatic heterocycles. The van der Waals surface area contributed by atoms with Gasteiger partial charge in [0.15, 0.2) is 0 Å². The van der Waals surface area contributed by atoms with Gasteiger partial charge in [-0.3, -0.25) is 4.99 Å². The van der Waals surface area contributed by atoms with Gasteiger partial charge in [-0.1, -0.05) is 97.1 Å². The number of para-hydroxylation sites is 3. The molecule has 1 atom stereocenters. The van der Waals surface area contributed by atoms with E-state index in [4.69, 9.17) is 24.0 Å². The first-order valence-corrected chi connectivity index (χ1v) is 17.1. The average molecular weight is 662 g/mol. The summed E-state index contributed by atoms with van der Waals surface area (Å²) in [4.78, 5) is 5.16. The number of aliphatic imine (C=N–C) groups is 1. The Balaban J connectivity index is 1.07. The second-order valence-electron chi connectivity index (χ2n) is 12.9. The topological polar surface area (TPSA) is 89.8 Å². The normalized spacial score (nSPS) is 12.9. The highest BCUT2D eigenvalue weighted by Gasteiger charge is 2.18. The summed E-state index contributed by atoms with van der Waals surface area (Å²) in [5.74, 6) is 0.658. The summed E-state index contributed by atoms with van der Waals surface area (Å²) in [6.07, 6.45) is -0.481. The van der Waals surface area contributed by atoms with Crippen molar-refractivity contribution < 1.29 is 13.3 Å². The molecule has 6 nitrogen and oxygen atoms in total. The van der Waals surface area contributed by atoms with Crippen LogP contribution in [0.15, 0.2) is 170 Å². The Kier molecular flexibility index (Phi) is 6.76. The quantitative estimate of drug-likeness (QED) is 0.105. The first kappa shape index (κ1) is 29.3. The number of hydrogen-bond donors (Lipinski definition) is 2. The van der Waals surface area contributed by atoms with E-state index in [1.165, 1.54) is 0 Å². The Morgan fingerprint density at radius 3 is 1.76 bits per heavy atom. The van der Waals surface area contributed by atoms with E-state index in [-0.39, 0.29) is 0 Å². The second-order valence-corrected chi connectivity index (χ2v) is 12.9. The smallest absolute Gasteiger partial charge is 0.146 e. The Morgan fingerprint density at radius 2 is 1.06 bits per heavy atom. The number of nitrogens with zero attached hydrogens (tertiary/aromatic N) is 1. The highest BCUT2D eigenvalue weighted by molar-refractivity contribution is 6.15. The van der Waals surface area contributed by atoms with E-state index in [1.807, 2.05) is 78.9 Å². The third-order valence-electron chi connectivity index (χ3n) is 9.77. The van der Waals surface area contributed by atoms with Crippen LogP contribution in [0.3, 0.4) is 0 Å². The molecule has 0 amide bonds. The Bertz CT molecular complexity index is 2950. The fourth-order valence-electron chi connectivity index (χ4n) is 7.21. The average Bonchev–Trinajstić information content (AvgIpc) is 3.87. The molecule has 51 heavy (non-hydrogen) atoms. The van der Waals surface area contributed by atoms with E-state index in [0.717, 1.165) is 93.6 Å². The molecule has 3 heterocycles. The fraction of sp³-hybridized carbons (Fsp3) is 0.0444. The fourth-order valence-corrected chi connectivity index (χ4v) is 7.21. The third kappa shape index (κ3) is 5.04. The molecule has 3 aromatic heterocycles. The van der Waals surface area contributed by atoms with Crippen LogP contribution in [0.25, 0.3) is 76.9 Å². The molecule has 10 rings (SSSR count). The van der Waals surface area contributed by atoms with Gasteiger partial charge in [-0.25, -0.2) is 0 Å². The summed E-state index contributed by atoms with van der Waals surface area (Å²) < 4.78 is 18.8. The van der Waals surface area contributed by atoms with E-state index in [2.05, 4.69) is 78.1 Å². The van der Waals surface area contributed by atoms with Gasteiger partial charge < -0.3 is 24.3 Å². The summed E-state index contributed by atoms with van der Waals surface area (Å²) >= 11 is 0. The molecule has 0 saturated heterocycles. The van der Waals surface area contributed by atoms with Gasteiger partial charge in [-0.2, -0.15) is 0 Å². The first-order valence-electron chi connectivity index (χ1n) is 17.1. The Morgan fingerprint density at radius 1 is 0.510 bits per heavy atom. The molecule has 7 aromatic carbocycles. The molecule has 1 unspecified atom stereocenters. The van der Waals surface area contributed by atoms with Crippen LogP contribution in [0.5, 0.6) is 0 Å². The van der Waals surface area contributed by atoms with E-state index in [9.17, 15) is 0 Å². The maximum atomic E-state index is 6.75. The van der Waals surface area contributed by atoms with Crippen molar-refractivity contribution in [1.29, 1.82) is 0 Å². The minimum absolute atomic E-state index is 0.436. The zero-order valence-electron chi connectivity index (χ0n) is 27.5. The summed E-state index contributed by atoms with van der Waals surface area (Å²) in [5, 5.41) is 9.94. The van der Waals surface area contributed by atoms with Gasteiger partial charge in [-0.05, 0) is 76.9 Å². The molecular weight excluding hydrogens is 631 g/mol. The summed E-state index contributed by atoms with van der Waals surface area (Å²) in [5.41, 5.74) is 16.9. The van der Waals surface area contributed by atoms with E-state index >= 15 is 0 Å². The number of amidine groups is 1. The zero-order chi connectivity index (χ0) is 33.9. The molecule has 0 aliphatic carbocycles. The Labute approximate surface area is 292 Å². The molecule has 0 aliphatic rings. The summed E-state index contributed by atoms with van der Waals surface area (Å²) in [6, 6.07) is 51.5. The maximum absolute atomic E-state index is 6.75. The van der Waals surface area contributed by atoms with Gasteiger partial charge in [0.1, 0.15) is 45.5 Å². The van der Waals surface area contributed by atoms with E-state index in [1.54, 1.807) is 0 Å². The van der Waals surface area contributed by atoms with Crippen LogP contribution < -0.4 is 11.1 Å². The first-order chi connectivity index (χ1) is 25.2. The number of furan rings is 3. The molecule has 3 N–H and O–H groups in total. The molecule has 10 aromatic rings. The number of nitrogens with two attached hydrogens (primary N) is 1. The van der Waals surface area contributed by atoms with Crippen molar-refractivity contribution in [3.8, 4) is 11.1 Å². The lowest BCUT2D eigenvalue weighted by molar-refractivity contribution is 0.661. The number of benzene rings is 7. The Hall–Kier alpha value is -6.63. The molecule has 0 spiro atoms. The number of rotatable bonds is 6. The predicted molar refractivity (Wildman–Crippen MR) is 207 cm³/mol. The number of hydrogen-bond acceptors (Lipinski definition) is 5. The largest absolute Gasteiger partial charge is 0.456 e. The van der Waals surface area contributed by atoms with Crippen molar-refractivity contribution in [2.24, 2.45) is 10.7 Å². The predicted octanol–water partition coefficient (Wildman–Crippen LogP) is 11.2. The van der Waals surface area contributed by atoms with E-state index in [0.29, 0.717) is 12.4 Å². The van der Waals surface area contributed by atoms with Crippen molar-refractivity contribution in [2.75, 3.05) is 0 Å². The highest BCUT2D eigenvalue weighted by atomic mass is 16.3. The van der Waals surface area contributed by atoms with Crippen molar-refractivity contribution in [2.45, 2.75) is 12.7 Å². The number of nitrogens with one attached hydrogen (secondary N) is 1. The minimum Gasteiger partial charge on any atom is -0.456 e. The standard InChI is InChI=1S/C45H31N3O3/c46-44(28-9-2-1-3-10-28)48-45(47-26-27-17-20-40-35(23-27)31-11-4-6-15-38(31)49-40)34-14-8-13-33-37-25-30(19-22-42(37)51-43(33)34)29-18-21-41-36(24-29)32-12-5-7-16-39(32)50-41/h1-25,44H,26,46H2,(H,47,48). The van der Waals surface area contributed by atoms with E-state index < -0.39 is 6.17 Å². The van der Waals surface area contributed by atoms with Gasteiger partial charge in [0.2, 0.25) is 0 Å². The second kappa shape index (κ2) is 11.8. The van der Waals surface area contributed by atoms with Crippen LogP contribution in [0.1, 0.15) is 22.9 Å². The van der Waals surface area contributed by atoms with Crippen LogP contribution in [-0.2, 0) is 6.54 Å². The molecule has 244 valence electrons. The summed E-state index contributed by atoms with van der Waals surface area (Å²) in [7, 11) is 0. The monoisotopic (exact) mass is 661 g/mol. The lowest BCUT2D eigenvalue weighted by Gasteiger charge is -2.18. The van der Waals surface area contributed by atoms with Crippen LogP contribution in [0, 0.1) is 0 Å². The van der Waals surface area contributed by atoms with Crippen molar-refractivity contribution in [3.05, 3.63) is 168 Å². The number of fused-ring (bicyclic) bond motifs is 9. The zero-order valence-corrected chi connectivity index (χ0v) is 27.5. The van der Waals surface area contributed by atoms with Gasteiger partial charge in [-0.15, -0.1) is 0 Å². The van der Waals surface area contributed by atoms with Crippen molar-refractivity contribution in [1.82, 2.24) is 5.32 Å². The minimum atomic E-state index is -0.481. The third-order valence-corrected chi connectivity index (χ3v) is 9.77. The lowest BCUT2D eigenvalue weighted by atomic mass is 10.00. The SMILES string of the molecule is NC(NC(=NCc1ccc2oc3ccccc3c2c1)c1cccc2c1oc1ccc(-c3ccc4oc5ccccc5c4c3)cc12)c1ccccc1. The molecular formula is C45H31N3O3. The van der Waals surface area contributed by atoms with Crippen LogP contribution in [0.2, 0.25) is 0 Å². The van der Waals surface area contributed by atoms with Crippen LogP contribution in [0.4, 0.5) is 0 Å². The van der Waals surface area contributed by atoms with Gasteiger partial charge in [0, 0.05) is 32.3 Å². The van der Waals surface area contributed by atoms with Crippen molar-refractivity contribution >= 4 is 71.7 Å².